The molecule has 0 aliphatic rings. The first-order valence-electron chi connectivity index (χ1n) is 9.12. The van der Waals surface area contributed by atoms with Crippen molar-refractivity contribution in [2.24, 2.45) is 0 Å². The van der Waals surface area contributed by atoms with E-state index in [1.54, 1.807) is 24.3 Å². The van der Waals surface area contributed by atoms with Crippen LogP contribution in [0, 0.1) is 0 Å². The largest absolute Gasteiger partial charge is 0.490 e. The third-order valence-electron chi connectivity index (χ3n) is 3.89. The lowest BCUT2D eigenvalue weighted by Crippen LogP contribution is -2.26. The maximum absolute atomic E-state index is 12.8. The van der Waals surface area contributed by atoms with Crippen LogP contribution in [0.25, 0.3) is 0 Å². The SMILES string of the molecule is CCOc1cc(C(=O)N[C@@H](C)c2ccc(Cl)cc2)cc(OCC)c1OCC. The molecule has 0 aliphatic heterocycles. The second-order valence-electron chi connectivity index (χ2n) is 5.85. The molecule has 27 heavy (non-hydrogen) atoms. The van der Waals surface area contributed by atoms with Gasteiger partial charge in [0.25, 0.3) is 5.91 Å². The topological polar surface area (TPSA) is 56.8 Å². The maximum Gasteiger partial charge on any atom is 0.252 e. The molecule has 5 nitrogen and oxygen atoms in total. The quantitative estimate of drug-likeness (QED) is 0.651. The lowest BCUT2D eigenvalue weighted by atomic mass is 10.1. The summed E-state index contributed by atoms with van der Waals surface area (Å²) < 4.78 is 17.0. The summed E-state index contributed by atoms with van der Waals surface area (Å²) in [5.41, 5.74) is 1.42. The number of rotatable bonds is 9. The summed E-state index contributed by atoms with van der Waals surface area (Å²) >= 11 is 5.93. The van der Waals surface area contributed by atoms with Gasteiger partial charge in [-0.15, -0.1) is 0 Å². The van der Waals surface area contributed by atoms with Crippen molar-refractivity contribution in [2.75, 3.05) is 19.8 Å². The number of ether oxygens (including phenoxy) is 3. The summed E-state index contributed by atoms with van der Waals surface area (Å²) in [6.07, 6.45) is 0. The van der Waals surface area contributed by atoms with Crippen LogP contribution in [0.4, 0.5) is 0 Å². The van der Waals surface area contributed by atoms with Crippen LogP contribution in [0.3, 0.4) is 0 Å². The first-order chi connectivity index (χ1) is 13.0. The van der Waals surface area contributed by atoms with Crippen molar-refractivity contribution in [3.8, 4) is 17.2 Å². The number of carbonyl (C=O) groups excluding carboxylic acids is 1. The summed E-state index contributed by atoms with van der Waals surface area (Å²) in [7, 11) is 0. The van der Waals surface area contributed by atoms with Crippen LogP contribution in [-0.4, -0.2) is 25.7 Å². The molecule has 6 heteroatoms. The highest BCUT2D eigenvalue weighted by Gasteiger charge is 2.19. The smallest absolute Gasteiger partial charge is 0.252 e. The van der Waals surface area contributed by atoms with Crippen molar-refractivity contribution >= 4 is 17.5 Å². The fourth-order valence-electron chi connectivity index (χ4n) is 2.63. The van der Waals surface area contributed by atoms with Crippen LogP contribution in [0.15, 0.2) is 36.4 Å². The molecule has 1 atom stereocenters. The van der Waals surface area contributed by atoms with Crippen LogP contribution in [0.2, 0.25) is 5.02 Å². The standard InChI is InChI=1S/C21H26ClNO4/c1-5-25-18-12-16(13-19(26-6-2)20(18)27-7-3)21(24)23-14(4)15-8-10-17(22)11-9-15/h8-14H,5-7H2,1-4H3,(H,23,24)/t14-/m0/s1. The number of amides is 1. The Morgan fingerprint density at radius 3 is 1.96 bits per heavy atom. The van der Waals surface area contributed by atoms with Crippen molar-refractivity contribution in [1.29, 1.82) is 0 Å². The van der Waals surface area contributed by atoms with Gasteiger partial charge in [0.2, 0.25) is 5.75 Å². The van der Waals surface area contributed by atoms with Crippen molar-refractivity contribution in [3.63, 3.8) is 0 Å². The van der Waals surface area contributed by atoms with E-state index >= 15 is 0 Å². The third-order valence-corrected chi connectivity index (χ3v) is 4.14. The molecule has 1 amide bonds. The number of benzene rings is 2. The van der Waals surface area contributed by atoms with Crippen molar-refractivity contribution < 1.29 is 19.0 Å². The van der Waals surface area contributed by atoms with Gasteiger partial charge in [0.1, 0.15) is 0 Å². The Bertz CT molecular complexity index is 734. The van der Waals surface area contributed by atoms with Gasteiger partial charge in [0.15, 0.2) is 11.5 Å². The van der Waals surface area contributed by atoms with Crippen molar-refractivity contribution in [1.82, 2.24) is 5.32 Å². The van der Waals surface area contributed by atoms with Crippen LogP contribution in [0.1, 0.15) is 49.7 Å². The van der Waals surface area contributed by atoms with Gasteiger partial charge in [0.05, 0.1) is 25.9 Å². The summed E-state index contributed by atoms with van der Waals surface area (Å²) in [5.74, 6) is 1.29. The molecule has 2 rings (SSSR count). The second-order valence-corrected chi connectivity index (χ2v) is 6.28. The molecule has 0 aromatic heterocycles. The number of nitrogens with one attached hydrogen (secondary N) is 1. The second kappa shape index (κ2) is 10.1. The average Bonchev–Trinajstić information content (AvgIpc) is 2.65. The van der Waals surface area contributed by atoms with E-state index in [2.05, 4.69) is 5.32 Å². The Hall–Kier alpha value is -2.40. The van der Waals surface area contributed by atoms with E-state index in [0.29, 0.717) is 47.7 Å². The average molecular weight is 392 g/mol. The van der Waals surface area contributed by atoms with E-state index in [9.17, 15) is 4.79 Å². The first kappa shape index (κ1) is 20.9. The zero-order valence-corrected chi connectivity index (χ0v) is 16.9. The number of hydrogen-bond donors (Lipinski definition) is 1. The van der Waals surface area contributed by atoms with Crippen LogP contribution >= 0.6 is 11.6 Å². The normalized spacial score (nSPS) is 11.6. The lowest BCUT2D eigenvalue weighted by molar-refractivity contribution is 0.0938. The monoisotopic (exact) mass is 391 g/mol. The molecule has 0 aliphatic carbocycles. The number of halogens is 1. The summed E-state index contributed by atoms with van der Waals surface area (Å²) in [6, 6.07) is 10.6. The highest BCUT2D eigenvalue weighted by Crippen LogP contribution is 2.39. The van der Waals surface area contributed by atoms with E-state index in [-0.39, 0.29) is 11.9 Å². The van der Waals surface area contributed by atoms with Crippen molar-refractivity contribution in [3.05, 3.63) is 52.5 Å². The Morgan fingerprint density at radius 1 is 0.963 bits per heavy atom. The van der Waals surface area contributed by atoms with E-state index in [4.69, 9.17) is 25.8 Å². The van der Waals surface area contributed by atoms with Gasteiger partial charge in [0, 0.05) is 10.6 Å². The zero-order chi connectivity index (χ0) is 19.8. The van der Waals surface area contributed by atoms with E-state index < -0.39 is 0 Å². The molecule has 146 valence electrons. The van der Waals surface area contributed by atoms with Gasteiger partial charge in [-0.2, -0.15) is 0 Å². The van der Waals surface area contributed by atoms with E-state index in [1.165, 1.54) is 0 Å². The van der Waals surface area contributed by atoms with Crippen LogP contribution in [0.5, 0.6) is 17.2 Å². The van der Waals surface area contributed by atoms with E-state index in [0.717, 1.165) is 5.56 Å². The van der Waals surface area contributed by atoms with E-state index in [1.807, 2.05) is 39.8 Å². The molecule has 0 saturated heterocycles. The summed E-state index contributed by atoms with van der Waals surface area (Å²) in [6.45, 7) is 8.95. The van der Waals surface area contributed by atoms with Crippen LogP contribution < -0.4 is 19.5 Å². The molecule has 0 heterocycles. The van der Waals surface area contributed by atoms with Crippen LogP contribution in [-0.2, 0) is 0 Å². The van der Waals surface area contributed by atoms with Crippen molar-refractivity contribution in [2.45, 2.75) is 33.7 Å². The summed E-state index contributed by atoms with van der Waals surface area (Å²) in [5, 5.41) is 3.65. The molecule has 0 saturated carbocycles. The molecule has 0 radical (unpaired) electrons. The molecule has 2 aromatic carbocycles. The Kier molecular flexibility index (Phi) is 7.80. The molecule has 0 spiro atoms. The van der Waals surface area contributed by atoms with Gasteiger partial charge in [-0.05, 0) is 57.5 Å². The minimum absolute atomic E-state index is 0.174. The zero-order valence-electron chi connectivity index (χ0n) is 16.2. The molecular weight excluding hydrogens is 366 g/mol. The molecule has 1 N–H and O–H groups in total. The van der Waals surface area contributed by atoms with Gasteiger partial charge < -0.3 is 19.5 Å². The van der Waals surface area contributed by atoms with Gasteiger partial charge in [-0.1, -0.05) is 23.7 Å². The molecule has 2 aromatic rings. The van der Waals surface area contributed by atoms with Gasteiger partial charge in [-0.25, -0.2) is 0 Å². The fourth-order valence-corrected chi connectivity index (χ4v) is 2.76. The molecule has 0 unspecified atom stereocenters. The maximum atomic E-state index is 12.8. The highest BCUT2D eigenvalue weighted by molar-refractivity contribution is 6.30. The lowest BCUT2D eigenvalue weighted by Gasteiger charge is -2.18. The third kappa shape index (κ3) is 5.54. The molecular formula is C21H26ClNO4. The molecule has 0 bridgehead atoms. The minimum Gasteiger partial charge on any atom is -0.490 e. The van der Waals surface area contributed by atoms with Gasteiger partial charge in [-0.3, -0.25) is 4.79 Å². The number of carbonyl (C=O) groups is 1. The fraction of sp³-hybridized carbons (Fsp3) is 0.381. The first-order valence-corrected chi connectivity index (χ1v) is 9.50. The molecule has 0 fully saturated rings. The predicted octanol–water partition coefficient (Wildman–Crippen LogP) is 5.03. The summed E-state index contributed by atoms with van der Waals surface area (Å²) in [4.78, 5) is 12.8. The highest BCUT2D eigenvalue weighted by atomic mass is 35.5. The Labute approximate surface area is 165 Å². The Balaban J connectivity index is 2.29. The Morgan fingerprint density at radius 2 is 1.48 bits per heavy atom. The minimum atomic E-state index is -0.220. The van der Waals surface area contributed by atoms with Gasteiger partial charge >= 0.3 is 0 Å². The predicted molar refractivity (Wildman–Crippen MR) is 107 cm³/mol. The number of hydrogen-bond acceptors (Lipinski definition) is 4.